The molecule has 0 saturated carbocycles. The van der Waals surface area contributed by atoms with Gasteiger partial charge in [-0.15, -0.1) is 0 Å². The first-order valence-corrected chi connectivity index (χ1v) is 11.2. The molecular weight excluding hydrogens is 416 g/mol. The largest absolute Gasteiger partial charge is 0.363 e. The number of nitrogens with zero attached hydrogens (tertiary/aromatic N) is 6. The minimum atomic E-state index is -0.0585. The number of aromatic nitrogens is 3. The number of piperidine rings is 1. The lowest BCUT2D eigenvalue weighted by molar-refractivity contribution is -0.128. The Morgan fingerprint density at radius 1 is 1.12 bits per heavy atom. The van der Waals surface area contributed by atoms with Crippen molar-refractivity contribution in [2.75, 3.05) is 39.1 Å². The van der Waals surface area contributed by atoms with Gasteiger partial charge in [-0.2, -0.15) is 0 Å². The zero-order valence-electron chi connectivity index (χ0n) is 19.7. The highest BCUT2D eigenvalue weighted by molar-refractivity contribution is 6.05. The monoisotopic (exact) mass is 446 g/mol. The molecule has 0 aliphatic carbocycles. The van der Waals surface area contributed by atoms with Crippen LogP contribution in [0.3, 0.4) is 0 Å². The number of likely N-dealkylation sites (tertiary alicyclic amines) is 1. The van der Waals surface area contributed by atoms with E-state index < -0.39 is 0 Å². The Labute approximate surface area is 194 Å². The minimum absolute atomic E-state index is 0.0152. The van der Waals surface area contributed by atoms with E-state index in [2.05, 4.69) is 4.98 Å². The van der Waals surface area contributed by atoms with Gasteiger partial charge in [0, 0.05) is 64.7 Å². The summed E-state index contributed by atoms with van der Waals surface area (Å²) in [6.07, 6.45) is 3.48. The first-order chi connectivity index (χ1) is 15.8. The van der Waals surface area contributed by atoms with Gasteiger partial charge in [0.05, 0.1) is 12.2 Å². The molecule has 1 atom stereocenters. The van der Waals surface area contributed by atoms with Crippen molar-refractivity contribution in [3.8, 4) is 0 Å². The van der Waals surface area contributed by atoms with Crippen LogP contribution in [0.2, 0.25) is 0 Å². The maximum Gasteiger partial charge on any atom is 0.273 e. The molecule has 172 valence electrons. The number of rotatable bonds is 5. The molecule has 1 saturated heterocycles. The zero-order chi connectivity index (χ0) is 23.5. The number of pyridine rings is 1. The maximum atomic E-state index is 13.4. The fourth-order valence-electron chi connectivity index (χ4n) is 4.16. The normalized spacial score (nSPS) is 16.0. The molecule has 8 heteroatoms. The van der Waals surface area contributed by atoms with Gasteiger partial charge in [0.1, 0.15) is 17.3 Å². The third-order valence-electron chi connectivity index (χ3n) is 6.13. The van der Waals surface area contributed by atoms with E-state index in [9.17, 15) is 9.59 Å². The molecule has 3 aromatic rings. The van der Waals surface area contributed by atoms with Gasteiger partial charge in [0.2, 0.25) is 5.91 Å². The summed E-state index contributed by atoms with van der Waals surface area (Å²) in [5.41, 5.74) is 1.28. The van der Waals surface area contributed by atoms with Crippen LogP contribution in [-0.2, 0) is 11.3 Å². The molecule has 0 radical (unpaired) electrons. The predicted octanol–water partition coefficient (Wildman–Crippen LogP) is 3.09. The van der Waals surface area contributed by atoms with Crippen LogP contribution in [0, 0.1) is 0 Å². The number of amides is 2. The van der Waals surface area contributed by atoms with E-state index in [1.165, 1.54) is 0 Å². The van der Waals surface area contributed by atoms with Crippen LogP contribution >= 0.6 is 0 Å². The van der Waals surface area contributed by atoms with Crippen LogP contribution in [0.4, 0.5) is 5.82 Å². The summed E-state index contributed by atoms with van der Waals surface area (Å²) in [6, 6.07) is 11.7. The highest BCUT2D eigenvalue weighted by atomic mass is 16.2. The third kappa shape index (κ3) is 4.94. The van der Waals surface area contributed by atoms with Gasteiger partial charge >= 0.3 is 0 Å². The van der Waals surface area contributed by atoms with E-state index in [-0.39, 0.29) is 17.7 Å². The van der Waals surface area contributed by atoms with Gasteiger partial charge in [0.25, 0.3) is 5.91 Å². The number of carbonyl (C=O) groups is 2. The molecule has 1 aromatic carbocycles. The molecule has 33 heavy (non-hydrogen) atoms. The average molecular weight is 447 g/mol. The Hall–Kier alpha value is -3.55. The van der Waals surface area contributed by atoms with Crippen molar-refractivity contribution in [2.45, 2.75) is 32.2 Å². The number of carbonyl (C=O) groups excluding carboxylic acids is 2. The topological polar surface area (TPSA) is 82.5 Å². The molecule has 1 aliphatic rings. The van der Waals surface area contributed by atoms with Crippen molar-refractivity contribution in [1.82, 2.24) is 24.8 Å². The quantitative estimate of drug-likeness (QED) is 0.599. The van der Waals surface area contributed by atoms with Gasteiger partial charge < -0.3 is 14.7 Å². The van der Waals surface area contributed by atoms with Crippen LogP contribution in [-0.4, -0.2) is 70.8 Å². The van der Waals surface area contributed by atoms with Crippen LogP contribution in [0.25, 0.3) is 10.8 Å². The van der Waals surface area contributed by atoms with E-state index in [1.54, 1.807) is 25.1 Å². The summed E-state index contributed by atoms with van der Waals surface area (Å²) in [5.74, 6) is 1.47. The SMILES string of the molecule is CC(=O)N(C)Cc1cc(N(C)C)nc(C2CCCN(C(=O)c3nccc4ccccc34)C2)n1. The lowest BCUT2D eigenvalue weighted by atomic mass is 9.96. The second kappa shape index (κ2) is 9.52. The molecule has 1 aliphatic heterocycles. The number of benzene rings is 1. The first kappa shape index (κ1) is 22.6. The summed E-state index contributed by atoms with van der Waals surface area (Å²) in [4.78, 5) is 44.6. The van der Waals surface area contributed by atoms with E-state index >= 15 is 0 Å². The first-order valence-electron chi connectivity index (χ1n) is 11.2. The Morgan fingerprint density at radius 2 is 1.91 bits per heavy atom. The molecule has 1 fully saturated rings. The predicted molar refractivity (Wildman–Crippen MR) is 128 cm³/mol. The average Bonchev–Trinajstić information content (AvgIpc) is 2.83. The Balaban J connectivity index is 1.60. The molecule has 3 heterocycles. The van der Waals surface area contributed by atoms with Crippen molar-refractivity contribution in [3.63, 3.8) is 0 Å². The van der Waals surface area contributed by atoms with E-state index in [4.69, 9.17) is 9.97 Å². The van der Waals surface area contributed by atoms with Crippen LogP contribution in [0.5, 0.6) is 0 Å². The molecule has 0 spiro atoms. The summed E-state index contributed by atoms with van der Waals surface area (Å²) in [6.45, 7) is 3.19. The summed E-state index contributed by atoms with van der Waals surface area (Å²) in [5, 5.41) is 1.87. The van der Waals surface area contributed by atoms with Gasteiger partial charge in [-0.05, 0) is 24.3 Å². The molecule has 2 amide bonds. The zero-order valence-corrected chi connectivity index (χ0v) is 19.7. The Morgan fingerprint density at radius 3 is 2.67 bits per heavy atom. The van der Waals surface area contributed by atoms with Gasteiger partial charge in [-0.25, -0.2) is 9.97 Å². The number of fused-ring (bicyclic) bond motifs is 1. The smallest absolute Gasteiger partial charge is 0.273 e. The van der Waals surface area contributed by atoms with Crippen molar-refractivity contribution in [3.05, 3.63) is 59.8 Å². The molecule has 8 nitrogen and oxygen atoms in total. The molecular formula is C25H30N6O2. The second-order valence-corrected chi connectivity index (χ2v) is 8.82. The Kier molecular flexibility index (Phi) is 6.53. The molecule has 2 aromatic heterocycles. The van der Waals surface area contributed by atoms with E-state index in [0.717, 1.165) is 41.0 Å². The maximum absolute atomic E-state index is 13.4. The van der Waals surface area contributed by atoms with Crippen molar-refractivity contribution >= 4 is 28.4 Å². The molecule has 0 bridgehead atoms. The highest BCUT2D eigenvalue weighted by Gasteiger charge is 2.29. The highest BCUT2D eigenvalue weighted by Crippen LogP contribution is 2.28. The van der Waals surface area contributed by atoms with Crippen molar-refractivity contribution in [1.29, 1.82) is 0 Å². The number of hydrogen-bond donors (Lipinski definition) is 0. The van der Waals surface area contributed by atoms with E-state index in [1.807, 2.05) is 60.3 Å². The second-order valence-electron chi connectivity index (χ2n) is 8.82. The fraction of sp³-hybridized carbons (Fsp3) is 0.400. The fourth-order valence-corrected chi connectivity index (χ4v) is 4.16. The number of hydrogen-bond acceptors (Lipinski definition) is 6. The molecule has 4 rings (SSSR count). The summed E-state index contributed by atoms with van der Waals surface area (Å²) in [7, 11) is 5.64. The van der Waals surface area contributed by atoms with Crippen molar-refractivity contribution < 1.29 is 9.59 Å². The minimum Gasteiger partial charge on any atom is -0.363 e. The lowest BCUT2D eigenvalue weighted by Gasteiger charge is -2.32. The van der Waals surface area contributed by atoms with Crippen LogP contribution < -0.4 is 4.90 Å². The summed E-state index contributed by atoms with van der Waals surface area (Å²) < 4.78 is 0. The lowest BCUT2D eigenvalue weighted by Crippen LogP contribution is -2.40. The molecule has 0 N–H and O–H groups in total. The summed E-state index contributed by atoms with van der Waals surface area (Å²) >= 11 is 0. The van der Waals surface area contributed by atoms with E-state index in [0.29, 0.717) is 25.3 Å². The van der Waals surface area contributed by atoms with Gasteiger partial charge in [0.15, 0.2) is 0 Å². The number of anilines is 1. The molecule has 1 unspecified atom stereocenters. The standard InChI is InChI=1S/C25H30N6O2/c1-17(32)30(4)16-20-14-22(29(2)3)28-24(27-20)19-9-7-13-31(15-19)25(33)23-21-10-6-5-8-18(21)11-12-26-23/h5-6,8,10-12,14,19H,7,9,13,15-16H2,1-4H3. The van der Waals surface area contributed by atoms with Crippen LogP contribution in [0.15, 0.2) is 42.6 Å². The van der Waals surface area contributed by atoms with Crippen LogP contribution in [0.1, 0.15) is 47.7 Å². The Bertz CT molecular complexity index is 1170. The van der Waals surface area contributed by atoms with Gasteiger partial charge in [-0.3, -0.25) is 14.6 Å². The third-order valence-corrected chi connectivity index (χ3v) is 6.13. The van der Waals surface area contributed by atoms with Crippen molar-refractivity contribution in [2.24, 2.45) is 0 Å². The van der Waals surface area contributed by atoms with Gasteiger partial charge in [-0.1, -0.05) is 24.3 Å².